The van der Waals surface area contributed by atoms with E-state index in [1.54, 1.807) is 4.57 Å². The number of nitrogens with one attached hydrogen (secondary N) is 1. The summed E-state index contributed by atoms with van der Waals surface area (Å²) in [6, 6.07) is 0. The van der Waals surface area contributed by atoms with E-state index in [2.05, 4.69) is 37.2 Å². The fourth-order valence-electron chi connectivity index (χ4n) is 6.65. The van der Waals surface area contributed by atoms with Crippen LogP contribution < -0.4 is 11.3 Å². The van der Waals surface area contributed by atoms with Crippen LogP contribution in [-0.4, -0.2) is 99.0 Å². The number of aromatic nitrogens is 7. The normalized spacial score (nSPS) is 37.5. The molecule has 2 bridgehead atoms. The van der Waals surface area contributed by atoms with Crippen LogP contribution in [0.15, 0.2) is 23.6 Å². The maximum Gasteiger partial charge on any atom is 0.386 e. The topological polar surface area (TPSA) is 253 Å². The van der Waals surface area contributed by atoms with Gasteiger partial charge >= 0.3 is 13.5 Å². The smallest absolute Gasteiger partial charge is 0.386 e. The summed E-state index contributed by atoms with van der Waals surface area (Å²) in [4.78, 5) is 43.0. The number of nitrogens with two attached hydrogens (primary N) is 1. The van der Waals surface area contributed by atoms with Crippen LogP contribution in [0.1, 0.15) is 36.6 Å². The van der Waals surface area contributed by atoms with Gasteiger partial charge in [0.05, 0.1) is 25.2 Å². The number of nitrogen functional groups attached to an aromatic ring is 1. The molecule has 258 valence electrons. The molecule has 2 unspecified atom stereocenters. The van der Waals surface area contributed by atoms with Crippen LogP contribution in [0.25, 0.3) is 22.2 Å². The van der Waals surface area contributed by atoms with Crippen molar-refractivity contribution in [3.05, 3.63) is 40.5 Å². The van der Waals surface area contributed by atoms with Gasteiger partial charge in [-0.3, -0.25) is 27.9 Å². The predicted molar refractivity (Wildman–Crippen MR) is 171 cm³/mol. The number of hydrogen-bond donors (Lipinski definition) is 6. The molecule has 10 atom stereocenters. The number of anilines is 1. The van der Waals surface area contributed by atoms with Gasteiger partial charge in [-0.25, -0.2) is 19.5 Å². The highest BCUT2D eigenvalue weighted by Gasteiger charge is 2.53. The number of aryl methyl sites for hydroxylation is 2. The molecule has 3 aliphatic heterocycles. The minimum atomic E-state index is -4.35. The molecule has 23 heteroatoms. The first-order valence-corrected chi connectivity index (χ1v) is 20.2. The molecule has 3 fully saturated rings. The fraction of sp³-hybridized carbons (Fsp3) is 0.560. The molecule has 19 nitrogen and oxygen atoms in total. The minimum Gasteiger partial charge on any atom is -0.387 e. The van der Waals surface area contributed by atoms with E-state index >= 15 is 0 Å². The quantitative estimate of drug-likeness (QED) is 0.121. The summed E-state index contributed by atoms with van der Waals surface area (Å²) in [5.74, 6) is -0.208. The lowest BCUT2D eigenvalue weighted by atomic mass is 10.1. The molecule has 1 aliphatic carbocycles. The Morgan fingerprint density at radius 1 is 0.979 bits per heavy atom. The molecule has 8 rings (SSSR count). The van der Waals surface area contributed by atoms with Gasteiger partial charge in [0, 0.05) is 11.6 Å². The molecule has 0 aromatic carbocycles. The maximum atomic E-state index is 13.7. The Hall–Kier alpha value is -2.36. The van der Waals surface area contributed by atoms with E-state index in [1.807, 2.05) is 6.20 Å². The van der Waals surface area contributed by atoms with E-state index in [4.69, 9.17) is 45.1 Å². The molecule has 48 heavy (non-hydrogen) atoms. The third-order valence-electron chi connectivity index (χ3n) is 8.81. The van der Waals surface area contributed by atoms with E-state index in [0.717, 1.165) is 42.3 Å². The first kappa shape index (κ1) is 32.8. The van der Waals surface area contributed by atoms with Gasteiger partial charge in [0.1, 0.15) is 48.6 Å². The number of nitrogens with zero attached hydrogens (tertiary/aromatic N) is 6. The molecule has 6 N–H and O–H groups in total. The van der Waals surface area contributed by atoms with Crippen molar-refractivity contribution in [2.75, 3.05) is 18.9 Å². The number of thiol groups is 1. The highest BCUT2D eigenvalue weighted by molar-refractivity contribution is 8.44. The zero-order valence-corrected chi connectivity index (χ0v) is 28.2. The van der Waals surface area contributed by atoms with E-state index < -0.39 is 81.4 Å². The average Bonchev–Trinajstić information content (AvgIpc) is 3.73. The third-order valence-corrected chi connectivity index (χ3v) is 12.0. The van der Waals surface area contributed by atoms with Crippen LogP contribution in [0.4, 0.5) is 5.95 Å². The Morgan fingerprint density at radius 2 is 1.75 bits per heavy atom. The summed E-state index contributed by atoms with van der Waals surface area (Å²) in [5.41, 5.74) is 7.48. The number of H-pyrrole nitrogens is 1. The number of hydrogen-bond acceptors (Lipinski definition) is 16. The summed E-state index contributed by atoms with van der Waals surface area (Å²) in [5, 5.41) is 23.7. The van der Waals surface area contributed by atoms with Crippen LogP contribution in [0, 0.1) is 0 Å². The predicted octanol–water partition coefficient (Wildman–Crippen LogP) is 0.614. The van der Waals surface area contributed by atoms with Crippen molar-refractivity contribution in [3.63, 3.8) is 0 Å². The number of aromatic amines is 1. The lowest BCUT2D eigenvalue weighted by molar-refractivity contribution is -0.0587. The van der Waals surface area contributed by atoms with Crippen molar-refractivity contribution < 1.29 is 47.2 Å². The molecule has 0 saturated carbocycles. The number of rotatable bonds is 2. The molecule has 0 amide bonds. The summed E-state index contributed by atoms with van der Waals surface area (Å²) < 4.78 is 51.7. The highest BCUT2D eigenvalue weighted by Crippen LogP contribution is 2.58. The van der Waals surface area contributed by atoms with E-state index in [0.29, 0.717) is 5.65 Å². The van der Waals surface area contributed by atoms with Gasteiger partial charge in [0.15, 0.2) is 23.6 Å². The van der Waals surface area contributed by atoms with Crippen molar-refractivity contribution in [2.24, 2.45) is 0 Å². The van der Waals surface area contributed by atoms with Gasteiger partial charge in [-0.1, -0.05) is 12.2 Å². The Labute approximate surface area is 280 Å². The molecule has 4 aromatic rings. The largest absolute Gasteiger partial charge is 0.387 e. The zero-order chi connectivity index (χ0) is 33.5. The maximum absolute atomic E-state index is 13.7. The Morgan fingerprint density at radius 3 is 2.58 bits per heavy atom. The van der Waals surface area contributed by atoms with E-state index in [1.165, 1.54) is 17.2 Å². The van der Waals surface area contributed by atoms with Gasteiger partial charge in [-0.2, -0.15) is 4.98 Å². The molecular formula is C25H30N8O11P2S2. The van der Waals surface area contributed by atoms with E-state index in [9.17, 15) is 24.5 Å². The second-order valence-electron chi connectivity index (χ2n) is 11.8. The molecule has 0 radical (unpaired) electrons. The number of aliphatic hydroxyl groups is 2. The van der Waals surface area contributed by atoms with Crippen molar-refractivity contribution in [3.8, 4) is 0 Å². The summed E-state index contributed by atoms with van der Waals surface area (Å²) >= 11 is 9.45. The fourth-order valence-corrected chi connectivity index (χ4v) is 9.56. The van der Waals surface area contributed by atoms with Crippen LogP contribution in [0.5, 0.6) is 0 Å². The third kappa shape index (κ3) is 5.73. The summed E-state index contributed by atoms with van der Waals surface area (Å²) in [7, 11) is 0. The van der Waals surface area contributed by atoms with Gasteiger partial charge in [0.25, 0.3) is 5.56 Å². The van der Waals surface area contributed by atoms with Crippen LogP contribution in [-0.2, 0) is 56.8 Å². The highest BCUT2D eigenvalue weighted by atomic mass is 32.7. The van der Waals surface area contributed by atoms with Crippen LogP contribution in [0.2, 0.25) is 0 Å². The van der Waals surface area contributed by atoms with Gasteiger partial charge in [0.2, 0.25) is 5.95 Å². The molecule has 3 saturated heterocycles. The van der Waals surface area contributed by atoms with Gasteiger partial charge in [-0.05, 0) is 43.1 Å². The molecule has 4 aromatic heterocycles. The molecular weight excluding hydrogens is 714 g/mol. The van der Waals surface area contributed by atoms with Crippen molar-refractivity contribution in [2.45, 2.75) is 74.8 Å². The minimum absolute atomic E-state index is 0.0124. The standard InChI is InChI=1S/C25H30N8O11P2S2/c26-25-30-21-15(22(36)31-25)29-9-33(21)24-19-16(34)12(41-24)6-39-45(37,47)43-18-13(7-40-46(38,48)44-19)42-23(17(18)35)32-5-10-3-1-2-4-11-14(10)20(32)28-8-27-11/h5,8-9,12-13,16-19,23-24,34-35H,1-4,6-7H2,(H,37,47)(H,38,48)(H3,26,30,31,36)/t12-,13-,16-,17-,18-,19-,23-,24-,45?,46?/m1/s1. The van der Waals surface area contributed by atoms with Crippen LogP contribution in [0.3, 0.4) is 0 Å². The second-order valence-corrected chi connectivity index (χ2v) is 17.5. The number of ether oxygens (including phenoxy) is 2. The van der Waals surface area contributed by atoms with Crippen molar-refractivity contribution in [1.82, 2.24) is 34.1 Å². The number of imidazole rings is 1. The summed E-state index contributed by atoms with van der Waals surface area (Å²) in [6.45, 7) is -9.54. The van der Waals surface area contributed by atoms with Gasteiger partial charge in [-0.15, -0.1) is 0 Å². The average molecular weight is 745 g/mol. The lowest BCUT2D eigenvalue weighted by Crippen LogP contribution is -2.36. The Balaban J connectivity index is 1.11. The molecule has 7 heterocycles. The second kappa shape index (κ2) is 12.2. The Kier molecular flexibility index (Phi) is 8.31. The molecule has 0 spiro atoms. The van der Waals surface area contributed by atoms with Crippen LogP contribution >= 0.6 is 25.8 Å². The monoisotopic (exact) mass is 744 g/mol. The number of fused-ring (bicyclic) bond motifs is 4. The SMILES string of the molecule is Nc1nc2c(ncn2[C@@H]2O[C@@H]3COP(O)(=S)O[C@H]4[C@@H](O)[C@H](n5cc6c7c(ncnc75)CCCC6)O[C@@H]4COP(=O)(S)O[C@@H]2[C@@H]3O)c(=O)[nH]1. The van der Waals surface area contributed by atoms with Gasteiger partial charge < -0.3 is 39.4 Å². The van der Waals surface area contributed by atoms with Crippen molar-refractivity contribution >= 4 is 65.7 Å². The first-order chi connectivity index (χ1) is 22.9. The Bertz CT molecular complexity index is 2060. The first-order valence-electron chi connectivity index (χ1n) is 14.9. The van der Waals surface area contributed by atoms with E-state index in [-0.39, 0.29) is 17.1 Å². The summed E-state index contributed by atoms with van der Waals surface area (Å²) in [6.07, 6.45) is -2.48. The molecule has 4 aliphatic rings. The number of aliphatic hydroxyl groups excluding tert-OH is 2. The lowest BCUT2D eigenvalue weighted by Gasteiger charge is -2.27. The van der Waals surface area contributed by atoms with Crippen molar-refractivity contribution in [1.29, 1.82) is 0 Å². The zero-order valence-electron chi connectivity index (χ0n) is 24.7.